The summed E-state index contributed by atoms with van der Waals surface area (Å²) in [5.74, 6) is -0.720. The lowest BCUT2D eigenvalue weighted by Crippen LogP contribution is -2.52. The molecule has 0 saturated heterocycles. The largest absolute Gasteiger partial charge is 0.352 e. The quantitative estimate of drug-likeness (QED) is 0.554. The van der Waals surface area contributed by atoms with Gasteiger partial charge in [-0.1, -0.05) is 42.8 Å². The minimum atomic E-state index is -3.74. The van der Waals surface area contributed by atoms with Crippen LogP contribution < -0.4 is 9.62 Å². The summed E-state index contributed by atoms with van der Waals surface area (Å²) in [6, 6.07) is 12.2. The van der Waals surface area contributed by atoms with Crippen LogP contribution in [-0.4, -0.2) is 50.0 Å². The Labute approximate surface area is 204 Å². The van der Waals surface area contributed by atoms with Gasteiger partial charge in [0.05, 0.1) is 11.9 Å². The number of anilines is 1. The second-order valence-electron chi connectivity index (χ2n) is 9.04. The first-order valence-electron chi connectivity index (χ1n) is 11.5. The van der Waals surface area contributed by atoms with Crippen LogP contribution >= 0.6 is 0 Å². The van der Waals surface area contributed by atoms with Crippen LogP contribution in [0.1, 0.15) is 49.4 Å². The van der Waals surface area contributed by atoms with Gasteiger partial charge in [-0.25, -0.2) is 8.42 Å². The molecule has 0 heterocycles. The fraction of sp³-hybridized carbons (Fsp3) is 0.462. The van der Waals surface area contributed by atoms with E-state index in [0.717, 1.165) is 39.2 Å². The summed E-state index contributed by atoms with van der Waals surface area (Å²) in [6.07, 6.45) is 1.85. The van der Waals surface area contributed by atoms with E-state index in [4.69, 9.17) is 0 Å². The van der Waals surface area contributed by atoms with Crippen LogP contribution in [-0.2, 0) is 26.2 Å². The highest BCUT2D eigenvalue weighted by molar-refractivity contribution is 7.92. The predicted molar refractivity (Wildman–Crippen MR) is 137 cm³/mol. The monoisotopic (exact) mass is 487 g/mol. The maximum atomic E-state index is 13.5. The normalized spacial score (nSPS) is 13.1. The number of benzene rings is 2. The Morgan fingerprint density at radius 2 is 1.59 bits per heavy atom. The zero-order valence-electron chi connectivity index (χ0n) is 21.3. The summed E-state index contributed by atoms with van der Waals surface area (Å²) in [7, 11) is -3.74. The highest BCUT2D eigenvalue weighted by atomic mass is 32.2. The van der Waals surface area contributed by atoms with Crippen LogP contribution in [0.5, 0.6) is 0 Å². The molecular formula is C26H37N3O4S. The van der Waals surface area contributed by atoms with E-state index in [1.807, 2.05) is 65.0 Å². The van der Waals surface area contributed by atoms with E-state index in [1.165, 1.54) is 4.90 Å². The molecule has 0 unspecified atom stereocenters. The minimum absolute atomic E-state index is 0.0330. The predicted octanol–water partition coefficient (Wildman–Crippen LogP) is 3.71. The molecule has 0 bridgehead atoms. The summed E-state index contributed by atoms with van der Waals surface area (Å²) in [5.41, 5.74) is 4.32. The van der Waals surface area contributed by atoms with Gasteiger partial charge >= 0.3 is 0 Å². The molecule has 8 heteroatoms. The minimum Gasteiger partial charge on any atom is -0.352 e. The van der Waals surface area contributed by atoms with Crippen molar-refractivity contribution in [1.29, 1.82) is 0 Å². The van der Waals surface area contributed by atoms with Crippen LogP contribution in [0.2, 0.25) is 0 Å². The summed E-state index contributed by atoms with van der Waals surface area (Å²) < 4.78 is 26.4. The third kappa shape index (κ3) is 7.32. The van der Waals surface area contributed by atoms with Crippen molar-refractivity contribution in [3.8, 4) is 0 Å². The summed E-state index contributed by atoms with van der Waals surface area (Å²) in [6.45, 7) is 11.2. The molecule has 0 spiro atoms. The molecule has 0 aliphatic heterocycles. The SMILES string of the molecule is CC[C@H](C)NC(=O)[C@@H](C)N(Cc1ccc(C)cc1)C(=O)CN(c1ccc(C)c(C)c1)S(C)(=O)=O. The Balaban J connectivity index is 2.39. The number of rotatable bonds is 10. The number of hydrogen-bond acceptors (Lipinski definition) is 4. The smallest absolute Gasteiger partial charge is 0.244 e. The Morgan fingerprint density at radius 3 is 2.12 bits per heavy atom. The molecule has 1 N–H and O–H groups in total. The Bertz CT molecular complexity index is 1110. The van der Waals surface area contributed by atoms with Crippen LogP contribution in [0.15, 0.2) is 42.5 Å². The molecule has 0 aromatic heterocycles. The molecule has 2 atom stereocenters. The lowest BCUT2D eigenvalue weighted by Gasteiger charge is -2.32. The average molecular weight is 488 g/mol. The summed E-state index contributed by atoms with van der Waals surface area (Å²) in [4.78, 5) is 27.9. The number of carbonyl (C=O) groups is 2. The van der Waals surface area contributed by atoms with E-state index in [0.29, 0.717) is 5.69 Å². The van der Waals surface area contributed by atoms with E-state index in [9.17, 15) is 18.0 Å². The van der Waals surface area contributed by atoms with Crippen LogP contribution in [0, 0.1) is 20.8 Å². The van der Waals surface area contributed by atoms with Gasteiger partial charge in [0.2, 0.25) is 21.8 Å². The van der Waals surface area contributed by atoms with Gasteiger partial charge in [-0.05, 0) is 69.9 Å². The van der Waals surface area contributed by atoms with Gasteiger partial charge in [0.1, 0.15) is 12.6 Å². The molecular weight excluding hydrogens is 450 g/mol. The highest BCUT2D eigenvalue weighted by Crippen LogP contribution is 2.22. The zero-order chi connectivity index (χ0) is 25.6. The average Bonchev–Trinajstić information content (AvgIpc) is 2.77. The van der Waals surface area contributed by atoms with Crippen molar-refractivity contribution in [2.75, 3.05) is 17.1 Å². The van der Waals surface area contributed by atoms with Crippen LogP contribution in [0.25, 0.3) is 0 Å². The first-order chi connectivity index (χ1) is 15.8. The van der Waals surface area contributed by atoms with Gasteiger partial charge in [-0.15, -0.1) is 0 Å². The molecule has 34 heavy (non-hydrogen) atoms. The fourth-order valence-electron chi connectivity index (χ4n) is 3.43. The van der Waals surface area contributed by atoms with Crippen molar-refractivity contribution in [2.24, 2.45) is 0 Å². The number of nitrogens with one attached hydrogen (secondary N) is 1. The number of hydrogen-bond donors (Lipinski definition) is 1. The molecule has 0 aliphatic rings. The zero-order valence-corrected chi connectivity index (χ0v) is 22.1. The van der Waals surface area contributed by atoms with Gasteiger partial charge in [0.15, 0.2) is 0 Å². The molecule has 2 aromatic carbocycles. The maximum absolute atomic E-state index is 13.5. The fourth-order valence-corrected chi connectivity index (χ4v) is 4.27. The molecule has 2 amide bonds. The van der Waals surface area contributed by atoms with Gasteiger partial charge in [0.25, 0.3) is 0 Å². The van der Waals surface area contributed by atoms with E-state index >= 15 is 0 Å². The summed E-state index contributed by atoms with van der Waals surface area (Å²) >= 11 is 0. The standard InChI is InChI=1S/C26H37N3O4S/c1-8-21(5)27-26(31)22(6)28(16-23-12-9-18(2)10-13-23)25(30)17-29(34(7,32)33)24-14-11-19(3)20(4)15-24/h9-15,21-22H,8,16-17H2,1-7H3,(H,27,31)/t21-,22+/m0/s1. The van der Waals surface area contributed by atoms with Gasteiger partial charge < -0.3 is 10.2 Å². The number of carbonyl (C=O) groups excluding carboxylic acids is 2. The third-order valence-corrected chi connectivity index (χ3v) is 7.24. The highest BCUT2D eigenvalue weighted by Gasteiger charge is 2.30. The number of aryl methyl sites for hydroxylation is 3. The Kier molecular flexibility index (Phi) is 9.27. The van der Waals surface area contributed by atoms with E-state index in [1.54, 1.807) is 19.1 Å². The Morgan fingerprint density at radius 1 is 0.971 bits per heavy atom. The second-order valence-corrected chi connectivity index (χ2v) is 10.9. The molecule has 0 saturated carbocycles. The van der Waals surface area contributed by atoms with Crippen molar-refractivity contribution in [2.45, 2.75) is 66.6 Å². The number of amides is 2. The Hall–Kier alpha value is -2.87. The molecule has 2 aromatic rings. The van der Waals surface area contributed by atoms with Gasteiger partial charge in [0, 0.05) is 12.6 Å². The maximum Gasteiger partial charge on any atom is 0.244 e. The van der Waals surface area contributed by atoms with Crippen LogP contribution in [0.3, 0.4) is 0 Å². The first-order valence-corrected chi connectivity index (χ1v) is 13.4. The molecule has 2 rings (SSSR count). The van der Waals surface area contributed by atoms with Gasteiger partial charge in [-0.2, -0.15) is 0 Å². The van der Waals surface area contributed by atoms with E-state index < -0.39 is 28.5 Å². The molecule has 0 aliphatic carbocycles. The number of nitrogens with zero attached hydrogens (tertiary/aromatic N) is 2. The number of sulfonamides is 1. The van der Waals surface area contributed by atoms with Gasteiger partial charge in [-0.3, -0.25) is 13.9 Å². The molecule has 0 fully saturated rings. The van der Waals surface area contributed by atoms with Crippen molar-refractivity contribution >= 4 is 27.5 Å². The topological polar surface area (TPSA) is 86.8 Å². The molecule has 0 radical (unpaired) electrons. The van der Waals surface area contributed by atoms with Crippen molar-refractivity contribution in [3.05, 3.63) is 64.7 Å². The molecule has 186 valence electrons. The van der Waals surface area contributed by atoms with E-state index in [-0.39, 0.29) is 18.5 Å². The van der Waals surface area contributed by atoms with Crippen molar-refractivity contribution in [1.82, 2.24) is 10.2 Å². The molecule has 7 nitrogen and oxygen atoms in total. The lowest BCUT2D eigenvalue weighted by molar-refractivity contribution is -0.139. The van der Waals surface area contributed by atoms with E-state index in [2.05, 4.69) is 5.32 Å². The third-order valence-electron chi connectivity index (χ3n) is 6.10. The second kappa shape index (κ2) is 11.5. The van der Waals surface area contributed by atoms with Crippen molar-refractivity contribution in [3.63, 3.8) is 0 Å². The lowest BCUT2D eigenvalue weighted by atomic mass is 10.1. The first kappa shape index (κ1) is 27.4. The van der Waals surface area contributed by atoms with Crippen molar-refractivity contribution < 1.29 is 18.0 Å². The summed E-state index contributed by atoms with van der Waals surface area (Å²) in [5, 5.41) is 2.92. The van der Waals surface area contributed by atoms with Crippen LogP contribution in [0.4, 0.5) is 5.69 Å².